The zero-order valence-corrected chi connectivity index (χ0v) is 16.6. The number of benzene rings is 2. The maximum Gasteiger partial charge on any atom is 0.405 e. The van der Waals surface area contributed by atoms with Crippen molar-refractivity contribution in [1.29, 1.82) is 0 Å². The number of carbonyl (C=O) groups excluding carboxylic acids is 2. The monoisotopic (exact) mass is 397 g/mol. The summed E-state index contributed by atoms with van der Waals surface area (Å²) in [5.74, 6) is 0.804. The number of nitrogens with zero attached hydrogens (tertiary/aromatic N) is 2. The summed E-state index contributed by atoms with van der Waals surface area (Å²) in [7, 11) is 0. The Morgan fingerprint density at radius 2 is 1.66 bits per heavy atom. The smallest absolute Gasteiger partial charge is 0.405 e. The van der Waals surface area contributed by atoms with Gasteiger partial charge in [-0.05, 0) is 36.8 Å². The molecule has 1 aliphatic heterocycles. The van der Waals surface area contributed by atoms with Crippen LogP contribution in [-0.4, -0.2) is 49.7 Å². The Morgan fingerprint density at radius 3 is 2.24 bits per heavy atom. The van der Waals surface area contributed by atoms with Crippen LogP contribution in [0.15, 0.2) is 54.6 Å². The lowest BCUT2D eigenvalue weighted by Crippen LogP contribution is -2.49. The number of rotatable bonds is 7. The minimum atomic E-state index is -0.882. The number of ether oxygens (including phenoxy) is 2. The van der Waals surface area contributed by atoms with Gasteiger partial charge in [0.25, 0.3) is 0 Å². The van der Waals surface area contributed by atoms with Gasteiger partial charge >= 0.3 is 6.09 Å². The summed E-state index contributed by atoms with van der Waals surface area (Å²) in [6, 6.07) is 17.2. The summed E-state index contributed by atoms with van der Waals surface area (Å²) < 4.78 is 10.7. The highest BCUT2D eigenvalue weighted by Gasteiger charge is 2.26. The Balaban J connectivity index is 1.56. The third-order valence-electron chi connectivity index (χ3n) is 4.94. The van der Waals surface area contributed by atoms with E-state index in [-0.39, 0.29) is 12.3 Å². The van der Waals surface area contributed by atoms with Gasteiger partial charge in [-0.1, -0.05) is 30.3 Å². The molecule has 2 aromatic rings. The number of hydrogen-bond donors (Lipinski definition) is 1. The van der Waals surface area contributed by atoms with Gasteiger partial charge in [0, 0.05) is 31.9 Å². The Kier molecular flexibility index (Phi) is 6.94. The molecule has 0 saturated carbocycles. The number of piperazine rings is 1. The van der Waals surface area contributed by atoms with Gasteiger partial charge in [-0.15, -0.1) is 0 Å². The minimum absolute atomic E-state index is 0.0496. The molecule has 0 radical (unpaired) electrons. The Morgan fingerprint density at radius 1 is 1.00 bits per heavy atom. The molecular formula is C22H27N3O4. The summed E-state index contributed by atoms with van der Waals surface area (Å²) >= 11 is 0. The van der Waals surface area contributed by atoms with E-state index in [1.165, 1.54) is 0 Å². The zero-order chi connectivity index (χ0) is 20.6. The molecule has 0 bridgehead atoms. The van der Waals surface area contributed by atoms with Crippen LogP contribution >= 0.6 is 0 Å². The van der Waals surface area contributed by atoms with E-state index in [2.05, 4.69) is 4.90 Å². The Hall–Kier alpha value is -3.22. The lowest BCUT2D eigenvalue weighted by atomic mass is 10.1. The van der Waals surface area contributed by atoms with Gasteiger partial charge in [0.1, 0.15) is 11.9 Å². The minimum Gasteiger partial charge on any atom is -0.494 e. The van der Waals surface area contributed by atoms with E-state index in [0.29, 0.717) is 19.7 Å². The fraction of sp³-hybridized carbons (Fsp3) is 0.364. The van der Waals surface area contributed by atoms with E-state index in [4.69, 9.17) is 15.2 Å². The molecule has 1 fully saturated rings. The molecule has 0 unspecified atom stereocenters. The van der Waals surface area contributed by atoms with Crippen LogP contribution in [-0.2, 0) is 9.53 Å². The molecule has 1 atom stereocenters. The van der Waals surface area contributed by atoms with Gasteiger partial charge in [-0.2, -0.15) is 0 Å². The fourth-order valence-corrected chi connectivity index (χ4v) is 3.46. The maximum absolute atomic E-state index is 12.8. The van der Waals surface area contributed by atoms with Crippen LogP contribution in [0.3, 0.4) is 0 Å². The Labute approximate surface area is 171 Å². The topological polar surface area (TPSA) is 85.1 Å². The molecule has 0 aliphatic carbocycles. The molecule has 2 aromatic carbocycles. The molecule has 3 rings (SSSR count). The van der Waals surface area contributed by atoms with Crippen molar-refractivity contribution in [3.8, 4) is 5.75 Å². The van der Waals surface area contributed by atoms with Crippen LogP contribution in [0.5, 0.6) is 5.75 Å². The van der Waals surface area contributed by atoms with Gasteiger partial charge in [0.2, 0.25) is 5.91 Å². The predicted molar refractivity (Wildman–Crippen MR) is 111 cm³/mol. The molecule has 154 valence electrons. The number of hydrogen-bond acceptors (Lipinski definition) is 5. The van der Waals surface area contributed by atoms with Gasteiger partial charge in [-0.25, -0.2) is 4.79 Å². The lowest BCUT2D eigenvalue weighted by Gasteiger charge is -2.36. The fourth-order valence-electron chi connectivity index (χ4n) is 3.46. The van der Waals surface area contributed by atoms with Crippen molar-refractivity contribution in [2.75, 3.05) is 37.7 Å². The molecule has 1 heterocycles. The first-order valence-corrected chi connectivity index (χ1v) is 9.83. The van der Waals surface area contributed by atoms with E-state index >= 15 is 0 Å². The standard InChI is InChI=1S/C22H27N3O4/c1-2-28-19-10-8-18(9-11-19)24-12-14-25(15-13-24)21(26)16-20(29-22(23)27)17-6-4-3-5-7-17/h3-11,20H,2,12-16H2,1H3,(H2,23,27)/t20-/m1/s1. The molecule has 2 amide bonds. The molecule has 1 aliphatic rings. The van der Waals surface area contributed by atoms with E-state index in [1.807, 2.05) is 66.4 Å². The first-order chi connectivity index (χ1) is 14.1. The molecule has 7 heteroatoms. The van der Waals surface area contributed by atoms with Crippen molar-refractivity contribution in [2.24, 2.45) is 5.73 Å². The quantitative estimate of drug-likeness (QED) is 0.776. The van der Waals surface area contributed by atoms with Crippen LogP contribution < -0.4 is 15.4 Å². The normalized spacial score (nSPS) is 14.9. The van der Waals surface area contributed by atoms with Gasteiger partial charge < -0.3 is 25.0 Å². The van der Waals surface area contributed by atoms with Crippen LogP contribution in [0.4, 0.5) is 10.5 Å². The molecular weight excluding hydrogens is 370 g/mol. The molecule has 2 N–H and O–H groups in total. The summed E-state index contributed by atoms with van der Waals surface area (Å²) in [5.41, 5.74) is 7.06. The van der Waals surface area contributed by atoms with Crippen molar-refractivity contribution in [1.82, 2.24) is 4.90 Å². The number of carbonyl (C=O) groups is 2. The lowest BCUT2D eigenvalue weighted by molar-refractivity contribution is -0.133. The van der Waals surface area contributed by atoms with E-state index in [1.54, 1.807) is 0 Å². The number of anilines is 1. The molecule has 29 heavy (non-hydrogen) atoms. The number of nitrogens with two attached hydrogens (primary N) is 1. The SMILES string of the molecule is CCOc1ccc(N2CCN(C(=O)C[C@@H](OC(N)=O)c3ccccc3)CC2)cc1. The van der Waals surface area contributed by atoms with Crippen LogP contribution in [0.25, 0.3) is 0 Å². The van der Waals surface area contributed by atoms with Crippen molar-refractivity contribution in [3.63, 3.8) is 0 Å². The zero-order valence-electron chi connectivity index (χ0n) is 16.6. The van der Waals surface area contributed by atoms with Gasteiger partial charge in [-0.3, -0.25) is 4.79 Å². The van der Waals surface area contributed by atoms with Crippen LogP contribution in [0.1, 0.15) is 25.0 Å². The molecule has 0 spiro atoms. The summed E-state index contributed by atoms with van der Waals surface area (Å²) in [6.45, 7) is 5.32. The second-order valence-electron chi connectivity index (χ2n) is 6.84. The highest BCUT2D eigenvalue weighted by Crippen LogP contribution is 2.24. The van der Waals surface area contributed by atoms with E-state index < -0.39 is 12.2 Å². The van der Waals surface area contributed by atoms with Crippen molar-refractivity contribution in [3.05, 3.63) is 60.2 Å². The molecule has 7 nitrogen and oxygen atoms in total. The van der Waals surface area contributed by atoms with Gasteiger partial charge in [0.05, 0.1) is 13.0 Å². The maximum atomic E-state index is 12.8. The number of primary amides is 1. The van der Waals surface area contributed by atoms with Crippen molar-refractivity contribution < 1.29 is 19.1 Å². The average Bonchev–Trinajstić information content (AvgIpc) is 2.74. The largest absolute Gasteiger partial charge is 0.494 e. The first-order valence-electron chi connectivity index (χ1n) is 9.83. The highest BCUT2D eigenvalue weighted by atomic mass is 16.6. The third-order valence-corrected chi connectivity index (χ3v) is 4.94. The van der Waals surface area contributed by atoms with Crippen molar-refractivity contribution in [2.45, 2.75) is 19.4 Å². The van der Waals surface area contributed by atoms with Crippen LogP contribution in [0.2, 0.25) is 0 Å². The van der Waals surface area contributed by atoms with Crippen molar-refractivity contribution >= 4 is 17.7 Å². The summed E-state index contributed by atoms with van der Waals surface area (Å²) in [6.07, 6.45) is -1.48. The first kappa shape index (κ1) is 20.5. The second kappa shape index (κ2) is 9.82. The second-order valence-corrected chi connectivity index (χ2v) is 6.84. The van der Waals surface area contributed by atoms with E-state index in [9.17, 15) is 9.59 Å². The average molecular weight is 397 g/mol. The summed E-state index contributed by atoms with van der Waals surface area (Å²) in [5, 5.41) is 0. The summed E-state index contributed by atoms with van der Waals surface area (Å²) in [4.78, 5) is 28.1. The van der Waals surface area contributed by atoms with E-state index in [0.717, 1.165) is 30.1 Å². The van der Waals surface area contributed by atoms with Gasteiger partial charge in [0.15, 0.2) is 0 Å². The molecule has 0 aromatic heterocycles. The molecule has 1 saturated heterocycles. The Bertz CT molecular complexity index is 803. The number of amides is 2. The third kappa shape index (κ3) is 5.63. The predicted octanol–water partition coefficient (Wildman–Crippen LogP) is 2.96. The van der Waals surface area contributed by atoms with Crippen LogP contribution in [0, 0.1) is 0 Å². The highest BCUT2D eigenvalue weighted by molar-refractivity contribution is 5.78.